The summed E-state index contributed by atoms with van der Waals surface area (Å²) < 4.78 is 42.4. The van der Waals surface area contributed by atoms with E-state index in [9.17, 15) is 23.1 Å². The molecule has 2 amide bonds. The molecule has 0 saturated carbocycles. The summed E-state index contributed by atoms with van der Waals surface area (Å²) >= 11 is 0. The number of urea groups is 1. The van der Waals surface area contributed by atoms with E-state index in [0.29, 0.717) is 24.9 Å². The molecular weight excluding hydrogens is 359 g/mol. The lowest BCUT2D eigenvalue weighted by atomic mass is 9.90. The Labute approximate surface area is 154 Å². The second kappa shape index (κ2) is 7.85. The van der Waals surface area contributed by atoms with Gasteiger partial charge < -0.3 is 15.3 Å². The van der Waals surface area contributed by atoms with Crippen LogP contribution in [-0.4, -0.2) is 40.7 Å². The van der Waals surface area contributed by atoms with E-state index in [-0.39, 0.29) is 12.5 Å². The number of piperidine rings is 1. The third-order valence-corrected chi connectivity index (χ3v) is 4.66. The number of hydrogen-bond donors (Lipinski definition) is 2. The van der Waals surface area contributed by atoms with Crippen molar-refractivity contribution in [3.8, 4) is 5.75 Å². The van der Waals surface area contributed by atoms with Gasteiger partial charge in [0.15, 0.2) is 11.6 Å². The number of rotatable bonds is 4. The number of aromatic hydroxyl groups is 1. The molecule has 1 atom stereocenters. The lowest BCUT2D eigenvalue weighted by molar-refractivity contribution is -0.00619. The third kappa shape index (κ3) is 4.32. The highest BCUT2D eigenvalue weighted by Gasteiger charge is 2.35. The van der Waals surface area contributed by atoms with Crippen molar-refractivity contribution in [3.63, 3.8) is 0 Å². The van der Waals surface area contributed by atoms with Gasteiger partial charge in [0.1, 0.15) is 5.69 Å². The van der Waals surface area contributed by atoms with Crippen molar-refractivity contribution in [2.45, 2.75) is 24.7 Å². The number of likely N-dealkylation sites (tertiary alicyclic amines) is 1. The number of halogens is 3. The van der Waals surface area contributed by atoms with Crippen LogP contribution in [0.25, 0.3) is 0 Å². The molecule has 2 N–H and O–H groups in total. The Morgan fingerprint density at radius 2 is 2.11 bits per heavy atom. The van der Waals surface area contributed by atoms with Crippen LogP contribution < -0.4 is 5.32 Å². The Morgan fingerprint density at radius 1 is 1.30 bits per heavy atom. The van der Waals surface area contributed by atoms with Crippen molar-refractivity contribution >= 4 is 6.03 Å². The summed E-state index contributed by atoms with van der Waals surface area (Å²) in [5.74, 6) is -4.73. The first kappa shape index (κ1) is 19.0. The molecule has 1 unspecified atom stereocenters. The topological polar surface area (TPSA) is 65.5 Å². The first-order valence-electron chi connectivity index (χ1n) is 8.68. The Morgan fingerprint density at radius 3 is 2.85 bits per heavy atom. The van der Waals surface area contributed by atoms with Crippen LogP contribution in [0, 0.1) is 5.82 Å². The van der Waals surface area contributed by atoms with Crippen molar-refractivity contribution in [2.75, 3.05) is 19.6 Å². The first-order valence-corrected chi connectivity index (χ1v) is 8.68. The maximum Gasteiger partial charge on any atom is 0.317 e. The van der Waals surface area contributed by atoms with E-state index >= 15 is 0 Å². The second-order valence-electron chi connectivity index (χ2n) is 6.54. The molecule has 0 bridgehead atoms. The SMILES string of the molecule is O=C(NCC(F)(F)c1ccccn1)N1CCCC(c2cccc(O)c2F)C1. The fraction of sp³-hybridized carbons (Fsp3) is 0.368. The summed E-state index contributed by atoms with van der Waals surface area (Å²) in [5.41, 5.74) is -0.0880. The van der Waals surface area contributed by atoms with Crippen LogP contribution in [0.2, 0.25) is 0 Å². The van der Waals surface area contributed by atoms with Crippen molar-refractivity contribution in [1.29, 1.82) is 0 Å². The van der Waals surface area contributed by atoms with E-state index in [1.54, 1.807) is 12.1 Å². The normalized spacial score (nSPS) is 17.6. The van der Waals surface area contributed by atoms with Crippen molar-refractivity contribution in [2.24, 2.45) is 0 Å². The number of phenolic OH excluding ortho intramolecular Hbond substituents is 1. The highest BCUT2D eigenvalue weighted by atomic mass is 19.3. The van der Waals surface area contributed by atoms with Crippen molar-refractivity contribution < 1.29 is 23.1 Å². The quantitative estimate of drug-likeness (QED) is 0.853. The molecule has 0 radical (unpaired) electrons. The highest BCUT2D eigenvalue weighted by Crippen LogP contribution is 2.32. The average molecular weight is 379 g/mol. The molecule has 144 valence electrons. The molecule has 1 aromatic heterocycles. The Balaban J connectivity index is 1.62. The number of phenols is 1. The van der Waals surface area contributed by atoms with Crippen LogP contribution in [0.15, 0.2) is 42.6 Å². The van der Waals surface area contributed by atoms with E-state index in [1.165, 1.54) is 35.4 Å². The number of amides is 2. The van der Waals surface area contributed by atoms with Gasteiger partial charge in [-0.2, -0.15) is 8.78 Å². The molecule has 1 aromatic carbocycles. The molecule has 1 aliphatic heterocycles. The number of benzene rings is 1. The first-order chi connectivity index (χ1) is 12.9. The molecule has 1 fully saturated rings. The average Bonchev–Trinajstić information content (AvgIpc) is 2.69. The number of carbonyl (C=O) groups is 1. The van der Waals surface area contributed by atoms with Gasteiger partial charge in [-0.1, -0.05) is 18.2 Å². The van der Waals surface area contributed by atoms with Crippen LogP contribution >= 0.6 is 0 Å². The highest BCUT2D eigenvalue weighted by molar-refractivity contribution is 5.74. The van der Waals surface area contributed by atoms with Gasteiger partial charge >= 0.3 is 12.0 Å². The molecule has 3 rings (SSSR count). The smallest absolute Gasteiger partial charge is 0.317 e. The predicted molar refractivity (Wildman–Crippen MR) is 93.1 cm³/mol. The van der Waals surface area contributed by atoms with Crippen LogP contribution in [-0.2, 0) is 5.92 Å². The van der Waals surface area contributed by atoms with Gasteiger partial charge in [-0.25, -0.2) is 9.18 Å². The maximum absolute atomic E-state index is 14.1. The summed E-state index contributed by atoms with van der Waals surface area (Å²) in [7, 11) is 0. The van der Waals surface area contributed by atoms with E-state index in [1.807, 2.05) is 0 Å². The van der Waals surface area contributed by atoms with Crippen LogP contribution in [0.1, 0.15) is 30.0 Å². The summed E-state index contributed by atoms with van der Waals surface area (Å²) in [6.45, 7) is -0.274. The number of aromatic nitrogens is 1. The van der Waals surface area contributed by atoms with Crippen LogP contribution in [0.4, 0.5) is 18.0 Å². The molecule has 1 aliphatic rings. The van der Waals surface area contributed by atoms with E-state index in [2.05, 4.69) is 10.3 Å². The summed E-state index contributed by atoms with van der Waals surface area (Å²) in [5, 5.41) is 11.8. The number of hydrogen-bond acceptors (Lipinski definition) is 3. The van der Waals surface area contributed by atoms with E-state index < -0.39 is 35.8 Å². The Hall–Kier alpha value is -2.77. The number of nitrogens with one attached hydrogen (secondary N) is 1. The molecule has 0 spiro atoms. The number of alkyl halides is 2. The number of nitrogens with zero attached hydrogens (tertiary/aromatic N) is 2. The fourth-order valence-electron chi connectivity index (χ4n) is 3.24. The minimum absolute atomic E-state index is 0.196. The zero-order valence-electron chi connectivity index (χ0n) is 14.5. The van der Waals surface area contributed by atoms with E-state index in [4.69, 9.17) is 0 Å². The van der Waals surface area contributed by atoms with Crippen LogP contribution in [0.3, 0.4) is 0 Å². The minimum Gasteiger partial charge on any atom is -0.505 e. The van der Waals surface area contributed by atoms with Gasteiger partial charge in [-0.3, -0.25) is 4.98 Å². The van der Waals surface area contributed by atoms with Crippen molar-refractivity contribution in [3.05, 3.63) is 59.7 Å². The molecule has 27 heavy (non-hydrogen) atoms. The standard InChI is InChI=1S/C19H20F3N3O2/c20-17-14(6-3-7-15(17)26)13-5-4-10-25(11-13)18(27)24-12-19(21,22)16-8-1-2-9-23-16/h1-3,6-9,13,26H,4-5,10-12H2,(H,24,27). The van der Waals surface area contributed by atoms with Gasteiger partial charge in [-0.15, -0.1) is 0 Å². The molecule has 8 heteroatoms. The fourth-order valence-corrected chi connectivity index (χ4v) is 3.24. The second-order valence-corrected chi connectivity index (χ2v) is 6.54. The monoisotopic (exact) mass is 379 g/mol. The van der Waals surface area contributed by atoms with Crippen molar-refractivity contribution in [1.82, 2.24) is 15.2 Å². The maximum atomic E-state index is 14.1. The number of carbonyl (C=O) groups excluding carboxylic acids is 1. The van der Waals surface area contributed by atoms with Crippen LogP contribution in [0.5, 0.6) is 5.75 Å². The predicted octanol–water partition coefficient (Wildman–Crippen LogP) is 3.61. The lowest BCUT2D eigenvalue weighted by Gasteiger charge is -2.33. The zero-order valence-corrected chi connectivity index (χ0v) is 14.5. The van der Waals surface area contributed by atoms with Gasteiger partial charge in [0, 0.05) is 25.2 Å². The molecule has 0 aliphatic carbocycles. The summed E-state index contributed by atoms with van der Waals surface area (Å²) in [4.78, 5) is 17.3. The molecular formula is C19H20F3N3O2. The van der Waals surface area contributed by atoms with Gasteiger partial charge in [0.2, 0.25) is 0 Å². The largest absolute Gasteiger partial charge is 0.505 e. The van der Waals surface area contributed by atoms with E-state index in [0.717, 1.165) is 0 Å². The van der Waals surface area contributed by atoms with Gasteiger partial charge in [-0.05, 0) is 36.6 Å². The van der Waals surface area contributed by atoms with Gasteiger partial charge in [0.25, 0.3) is 0 Å². The lowest BCUT2D eigenvalue weighted by Crippen LogP contribution is -2.47. The molecule has 2 heterocycles. The molecule has 1 saturated heterocycles. The summed E-state index contributed by atoms with van der Waals surface area (Å²) in [6.07, 6.45) is 2.53. The van der Waals surface area contributed by atoms with Gasteiger partial charge in [0.05, 0.1) is 6.54 Å². The Kier molecular flexibility index (Phi) is 5.53. The molecule has 5 nitrogen and oxygen atoms in total. The minimum atomic E-state index is -3.29. The Bertz CT molecular complexity index is 802. The third-order valence-electron chi connectivity index (χ3n) is 4.66. The zero-order chi connectivity index (χ0) is 19.4. The molecule has 2 aromatic rings. The number of pyridine rings is 1. The summed E-state index contributed by atoms with van der Waals surface area (Å²) in [6, 6.07) is 7.93.